The van der Waals surface area contributed by atoms with Crippen LogP contribution in [0.15, 0.2) is 42.9 Å². The van der Waals surface area contributed by atoms with Crippen molar-refractivity contribution in [2.24, 2.45) is 5.73 Å². The molecule has 21 heavy (non-hydrogen) atoms. The number of pyridine rings is 1. The first-order chi connectivity index (χ1) is 10.2. The van der Waals surface area contributed by atoms with Crippen molar-refractivity contribution in [2.45, 2.75) is 19.8 Å². The molecule has 0 atom stereocenters. The number of nitrogens with two attached hydrogens (primary N) is 1. The van der Waals surface area contributed by atoms with Gasteiger partial charge in [-0.2, -0.15) is 0 Å². The largest absolute Gasteiger partial charge is 0.365 e. The second kappa shape index (κ2) is 5.36. The molecule has 0 saturated carbocycles. The van der Waals surface area contributed by atoms with Gasteiger partial charge in [-0.3, -0.25) is 9.78 Å². The summed E-state index contributed by atoms with van der Waals surface area (Å²) in [7, 11) is 0. The fourth-order valence-electron chi connectivity index (χ4n) is 2.51. The number of amides is 1. The molecule has 0 aliphatic carbocycles. The SMILES string of the molecule is CCCc1nccn1-c1c(C(N)=O)cnc2ccccc12. The summed E-state index contributed by atoms with van der Waals surface area (Å²) in [5.74, 6) is 0.427. The zero-order chi connectivity index (χ0) is 14.8. The lowest BCUT2D eigenvalue weighted by Crippen LogP contribution is -2.16. The van der Waals surface area contributed by atoms with Gasteiger partial charge in [0.15, 0.2) is 0 Å². The molecule has 2 aromatic heterocycles. The van der Waals surface area contributed by atoms with Gasteiger partial charge in [0.25, 0.3) is 5.91 Å². The van der Waals surface area contributed by atoms with Crippen LogP contribution in [0.2, 0.25) is 0 Å². The molecular formula is C16H16N4O. The van der Waals surface area contributed by atoms with Crippen molar-refractivity contribution in [1.29, 1.82) is 0 Å². The van der Waals surface area contributed by atoms with Crippen LogP contribution in [0.5, 0.6) is 0 Å². The van der Waals surface area contributed by atoms with Gasteiger partial charge < -0.3 is 10.3 Å². The number of nitrogens with zero attached hydrogens (tertiary/aromatic N) is 3. The second-order valence-corrected chi connectivity index (χ2v) is 4.87. The van der Waals surface area contributed by atoms with Gasteiger partial charge in [-0.1, -0.05) is 25.1 Å². The molecule has 0 fully saturated rings. The fourth-order valence-corrected chi connectivity index (χ4v) is 2.51. The Labute approximate surface area is 122 Å². The Bertz CT molecular complexity index is 807. The minimum absolute atomic E-state index is 0.407. The highest BCUT2D eigenvalue weighted by Gasteiger charge is 2.16. The first kappa shape index (κ1) is 13.3. The minimum atomic E-state index is -0.487. The molecule has 0 aliphatic heterocycles. The highest BCUT2D eigenvalue weighted by atomic mass is 16.1. The maximum atomic E-state index is 11.8. The number of rotatable bonds is 4. The first-order valence-corrected chi connectivity index (χ1v) is 6.92. The van der Waals surface area contributed by atoms with Crippen molar-refractivity contribution < 1.29 is 4.79 Å². The number of primary amides is 1. The monoisotopic (exact) mass is 280 g/mol. The van der Waals surface area contributed by atoms with Gasteiger partial charge in [0.05, 0.1) is 16.8 Å². The summed E-state index contributed by atoms with van der Waals surface area (Å²) < 4.78 is 1.94. The maximum absolute atomic E-state index is 11.8. The quantitative estimate of drug-likeness (QED) is 0.797. The molecule has 106 valence electrons. The van der Waals surface area contributed by atoms with E-state index < -0.39 is 5.91 Å². The molecule has 1 amide bonds. The lowest BCUT2D eigenvalue weighted by atomic mass is 10.1. The number of imidazole rings is 1. The number of carbonyl (C=O) groups excluding carboxylic acids is 1. The molecule has 5 nitrogen and oxygen atoms in total. The van der Waals surface area contributed by atoms with E-state index >= 15 is 0 Å². The molecule has 3 rings (SSSR count). The zero-order valence-corrected chi connectivity index (χ0v) is 11.8. The number of hydrogen-bond donors (Lipinski definition) is 1. The molecule has 1 aromatic carbocycles. The van der Waals surface area contributed by atoms with Crippen molar-refractivity contribution in [3.05, 3.63) is 54.2 Å². The van der Waals surface area contributed by atoms with Crippen LogP contribution in [0.3, 0.4) is 0 Å². The number of hydrogen-bond acceptors (Lipinski definition) is 3. The Morgan fingerprint density at radius 2 is 2.10 bits per heavy atom. The van der Waals surface area contributed by atoms with E-state index in [0.29, 0.717) is 5.56 Å². The lowest BCUT2D eigenvalue weighted by Gasteiger charge is -2.13. The Morgan fingerprint density at radius 3 is 2.86 bits per heavy atom. The van der Waals surface area contributed by atoms with E-state index in [1.54, 1.807) is 6.20 Å². The van der Waals surface area contributed by atoms with Crippen LogP contribution in [0.1, 0.15) is 29.5 Å². The predicted molar refractivity (Wildman–Crippen MR) is 81.4 cm³/mol. The number of carbonyl (C=O) groups is 1. The van der Waals surface area contributed by atoms with Crippen LogP contribution in [0.4, 0.5) is 0 Å². The average Bonchev–Trinajstić information content (AvgIpc) is 2.94. The summed E-state index contributed by atoms with van der Waals surface area (Å²) >= 11 is 0. The molecule has 0 unspecified atom stereocenters. The fraction of sp³-hybridized carbons (Fsp3) is 0.188. The third-order valence-electron chi connectivity index (χ3n) is 3.44. The lowest BCUT2D eigenvalue weighted by molar-refractivity contribution is 0.1000. The first-order valence-electron chi connectivity index (χ1n) is 6.92. The van der Waals surface area contributed by atoms with Crippen molar-refractivity contribution in [3.63, 3.8) is 0 Å². The molecule has 0 spiro atoms. The minimum Gasteiger partial charge on any atom is -0.365 e. The van der Waals surface area contributed by atoms with E-state index in [4.69, 9.17) is 5.73 Å². The Morgan fingerprint density at radius 1 is 1.29 bits per heavy atom. The van der Waals surface area contributed by atoms with Gasteiger partial charge in [-0.25, -0.2) is 4.98 Å². The summed E-state index contributed by atoms with van der Waals surface area (Å²) in [6.45, 7) is 2.10. The van der Waals surface area contributed by atoms with Crippen LogP contribution in [0.25, 0.3) is 16.6 Å². The molecule has 0 radical (unpaired) electrons. The number of para-hydroxylation sites is 1. The smallest absolute Gasteiger partial charge is 0.252 e. The van der Waals surface area contributed by atoms with Crippen molar-refractivity contribution in [1.82, 2.24) is 14.5 Å². The van der Waals surface area contributed by atoms with Gasteiger partial charge in [0, 0.05) is 30.4 Å². The third-order valence-corrected chi connectivity index (χ3v) is 3.44. The molecule has 0 bridgehead atoms. The zero-order valence-electron chi connectivity index (χ0n) is 11.8. The normalized spacial score (nSPS) is 10.9. The number of aryl methyl sites for hydroxylation is 1. The molecule has 2 N–H and O–H groups in total. The van der Waals surface area contributed by atoms with Gasteiger partial charge in [0.2, 0.25) is 0 Å². The highest BCUT2D eigenvalue weighted by molar-refractivity contribution is 6.03. The van der Waals surface area contributed by atoms with E-state index in [9.17, 15) is 4.79 Å². The Balaban J connectivity index is 2.35. The van der Waals surface area contributed by atoms with Crippen LogP contribution in [-0.4, -0.2) is 20.4 Å². The summed E-state index contributed by atoms with van der Waals surface area (Å²) in [6.07, 6.45) is 6.95. The molecule has 2 heterocycles. The Hall–Kier alpha value is -2.69. The van der Waals surface area contributed by atoms with Crippen molar-refractivity contribution in [3.8, 4) is 5.69 Å². The summed E-state index contributed by atoms with van der Waals surface area (Å²) in [5.41, 5.74) is 7.52. The average molecular weight is 280 g/mol. The van der Waals surface area contributed by atoms with Gasteiger partial charge in [-0.15, -0.1) is 0 Å². The van der Waals surface area contributed by atoms with Gasteiger partial charge in [0.1, 0.15) is 5.82 Å². The standard InChI is InChI=1S/C16H16N4O/c1-2-5-14-18-8-9-20(14)15-11-6-3-4-7-13(11)19-10-12(15)16(17)21/h3-4,6-10H,2,5H2,1H3,(H2,17,21). The maximum Gasteiger partial charge on any atom is 0.252 e. The van der Waals surface area contributed by atoms with Crippen LogP contribution in [0, 0.1) is 0 Å². The molecular weight excluding hydrogens is 264 g/mol. The van der Waals surface area contributed by atoms with E-state index in [1.807, 2.05) is 35.0 Å². The molecule has 5 heteroatoms. The summed E-state index contributed by atoms with van der Waals surface area (Å²) in [4.78, 5) is 20.5. The summed E-state index contributed by atoms with van der Waals surface area (Å²) in [5, 5.41) is 0.893. The molecule has 0 aliphatic rings. The number of fused-ring (bicyclic) bond motifs is 1. The molecule has 3 aromatic rings. The van der Waals surface area contributed by atoms with Crippen LogP contribution >= 0.6 is 0 Å². The highest BCUT2D eigenvalue weighted by Crippen LogP contribution is 2.25. The van der Waals surface area contributed by atoms with Crippen molar-refractivity contribution in [2.75, 3.05) is 0 Å². The van der Waals surface area contributed by atoms with Crippen LogP contribution in [-0.2, 0) is 6.42 Å². The van der Waals surface area contributed by atoms with Crippen molar-refractivity contribution >= 4 is 16.8 Å². The topological polar surface area (TPSA) is 73.8 Å². The second-order valence-electron chi connectivity index (χ2n) is 4.87. The number of aromatic nitrogens is 3. The predicted octanol–water partition coefficient (Wildman–Crippen LogP) is 2.47. The Kier molecular flexibility index (Phi) is 3.39. The summed E-state index contributed by atoms with van der Waals surface area (Å²) in [6, 6.07) is 7.71. The van der Waals surface area contributed by atoms with Crippen LogP contribution < -0.4 is 5.73 Å². The number of benzene rings is 1. The third kappa shape index (κ3) is 2.27. The van der Waals surface area contributed by atoms with Gasteiger partial charge >= 0.3 is 0 Å². The molecule has 0 saturated heterocycles. The van der Waals surface area contributed by atoms with E-state index in [0.717, 1.165) is 35.3 Å². The van der Waals surface area contributed by atoms with E-state index in [-0.39, 0.29) is 0 Å². The van der Waals surface area contributed by atoms with Gasteiger partial charge in [-0.05, 0) is 12.5 Å². The van der Waals surface area contributed by atoms with E-state index in [1.165, 1.54) is 6.20 Å². The van der Waals surface area contributed by atoms with E-state index in [2.05, 4.69) is 16.9 Å².